The standard InChI is InChI=1S/C15H18F3N3O3/c16-15(17,18)11-6-7-12(13(9-11)21(23)24)19-20-14(22)8-5-10-3-1-2-4-10/h6-7,9-10,19H,1-5,8H2,(H,20,22). The van der Waals surface area contributed by atoms with Crippen LogP contribution in [0.25, 0.3) is 0 Å². The van der Waals surface area contributed by atoms with Gasteiger partial charge in [0.2, 0.25) is 5.91 Å². The SMILES string of the molecule is O=C(CCC1CCCC1)NNc1ccc(C(F)(F)F)cc1[N+](=O)[O-]. The molecule has 2 N–H and O–H groups in total. The average molecular weight is 345 g/mol. The third-order valence-corrected chi connectivity index (χ3v) is 4.11. The molecule has 1 aliphatic rings. The average Bonchev–Trinajstić information content (AvgIpc) is 3.03. The zero-order valence-corrected chi connectivity index (χ0v) is 12.9. The van der Waals surface area contributed by atoms with E-state index in [1.807, 2.05) is 0 Å². The molecule has 1 fully saturated rings. The van der Waals surface area contributed by atoms with Crippen molar-refractivity contribution in [2.24, 2.45) is 5.92 Å². The summed E-state index contributed by atoms with van der Waals surface area (Å²) in [7, 11) is 0. The van der Waals surface area contributed by atoms with Gasteiger partial charge in [-0.05, 0) is 24.5 Å². The molecule has 0 aromatic heterocycles. The Balaban J connectivity index is 1.95. The second kappa shape index (κ2) is 7.50. The number of carbonyl (C=O) groups is 1. The van der Waals surface area contributed by atoms with E-state index in [4.69, 9.17) is 0 Å². The van der Waals surface area contributed by atoms with Crippen LogP contribution in [0.15, 0.2) is 18.2 Å². The quantitative estimate of drug-likeness (QED) is 0.602. The first kappa shape index (κ1) is 18.0. The Hall–Kier alpha value is -2.32. The van der Waals surface area contributed by atoms with Gasteiger partial charge < -0.3 is 0 Å². The Kier molecular flexibility index (Phi) is 5.63. The molecule has 1 amide bonds. The summed E-state index contributed by atoms with van der Waals surface area (Å²) in [5.74, 6) is 0.173. The second-order valence-electron chi connectivity index (χ2n) is 5.85. The molecule has 0 aliphatic heterocycles. The van der Waals surface area contributed by atoms with Crippen LogP contribution in [-0.2, 0) is 11.0 Å². The Morgan fingerprint density at radius 1 is 1.29 bits per heavy atom. The molecule has 0 unspecified atom stereocenters. The second-order valence-corrected chi connectivity index (χ2v) is 5.85. The number of amides is 1. The summed E-state index contributed by atoms with van der Waals surface area (Å²) in [6.45, 7) is 0. The molecule has 0 spiro atoms. The molecular weight excluding hydrogens is 327 g/mol. The van der Waals surface area contributed by atoms with Gasteiger partial charge in [0.15, 0.2) is 0 Å². The van der Waals surface area contributed by atoms with Gasteiger partial charge in [-0.15, -0.1) is 0 Å². The number of nitro groups is 1. The van der Waals surface area contributed by atoms with E-state index >= 15 is 0 Å². The lowest BCUT2D eigenvalue weighted by molar-refractivity contribution is -0.384. The highest BCUT2D eigenvalue weighted by Crippen LogP contribution is 2.34. The van der Waals surface area contributed by atoms with Gasteiger partial charge in [-0.1, -0.05) is 25.7 Å². The Morgan fingerprint density at radius 3 is 2.54 bits per heavy atom. The molecule has 24 heavy (non-hydrogen) atoms. The first-order chi connectivity index (χ1) is 11.3. The van der Waals surface area contributed by atoms with Crippen LogP contribution in [0, 0.1) is 16.0 Å². The topological polar surface area (TPSA) is 84.3 Å². The van der Waals surface area contributed by atoms with Gasteiger partial charge >= 0.3 is 6.18 Å². The van der Waals surface area contributed by atoms with Crippen LogP contribution in [0.5, 0.6) is 0 Å². The van der Waals surface area contributed by atoms with Crippen molar-refractivity contribution in [2.75, 3.05) is 5.43 Å². The number of alkyl halides is 3. The third-order valence-electron chi connectivity index (χ3n) is 4.11. The highest BCUT2D eigenvalue weighted by atomic mass is 19.4. The predicted molar refractivity (Wildman–Crippen MR) is 81.1 cm³/mol. The van der Waals surface area contributed by atoms with E-state index in [1.165, 1.54) is 12.8 Å². The number of rotatable bonds is 6. The van der Waals surface area contributed by atoms with Crippen LogP contribution < -0.4 is 10.9 Å². The molecular formula is C15H18F3N3O3. The summed E-state index contributed by atoms with van der Waals surface area (Å²) in [5, 5.41) is 10.9. The van der Waals surface area contributed by atoms with Crippen LogP contribution in [0.1, 0.15) is 44.1 Å². The van der Waals surface area contributed by atoms with Crippen molar-refractivity contribution in [1.82, 2.24) is 5.43 Å². The van der Waals surface area contributed by atoms with Crippen molar-refractivity contribution in [3.8, 4) is 0 Å². The number of nitro benzene ring substituents is 1. The number of nitrogens with zero attached hydrogens (tertiary/aromatic N) is 1. The molecule has 0 radical (unpaired) electrons. The number of hydrogen-bond acceptors (Lipinski definition) is 4. The van der Waals surface area contributed by atoms with Gasteiger partial charge in [-0.3, -0.25) is 25.8 Å². The van der Waals surface area contributed by atoms with Gasteiger partial charge in [0.05, 0.1) is 10.5 Å². The zero-order chi connectivity index (χ0) is 17.7. The lowest BCUT2D eigenvalue weighted by Crippen LogP contribution is -2.29. The van der Waals surface area contributed by atoms with Gasteiger partial charge in [-0.2, -0.15) is 13.2 Å². The van der Waals surface area contributed by atoms with Gasteiger partial charge in [0.25, 0.3) is 5.69 Å². The van der Waals surface area contributed by atoms with Crippen molar-refractivity contribution in [3.63, 3.8) is 0 Å². The minimum absolute atomic E-state index is 0.192. The number of hydrazine groups is 1. The maximum absolute atomic E-state index is 12.6. The molecule has 0 saturated heterocycles. The molecule has 1 aromatic carbocycles. The molecule has 6 nitrogen and oxygen atoms in total. The highest BCUT2D eigenvalue weighted by molar-refractivity contribution is 5.78. The number of hydrogen-bond donors (Lipinski definition) is 2. The molecule has 0 heterocycles. The molecule has 9 heteroatoms. The summed E-state index contributed by atoms with van der Waals surface area (Å²) >= 11 is 0. The first-order valence-electron chi connectivity index (χ1n) is 7.68. The van der Waals surface area contributed by atoms with E-state index in [0.29, 0.717) is 12.0 Å². The van der Waals surface area contributed by atoms with Crippen LogP contribution in [0.4, 0.5) is 24.5 Å². The van der Waals surface area contributed by atoms with Gasteiger partial charge in [-0.25, -0.2) is 0 Å². The minimum atomic E-state index is -4.67. The van der Waals surface area contributed by atoms with Gasteiger partial charge in [0, 0.05) is 12.5 Å². The fraction of sp³-hybridized carbons (Fsp3) is 0.533. The molecule has 1 saturated carbocycles. The summed E-state index contributed by atoms with van der Waals surface area (Å²) in [4.78, 5) is 21.8. The van der Waals surface area contributed by atoms with Gasteiger partial charge in [0.1, 0.15) is 5.69 Å². The van der Waals surface area contributed by atoms with E-state index in [-0.39, 0.29) is 18.0 Å². The largest absolute Gasteiger partial charge is 0.416 e. The molecule has 1 aliphatic carbocycles. The van der Waals surface area contributed by atoms with Crippen molar-refractivity contribution < 1.29 is 22.9 Å². The third kappa shape index (κ3) is 4.84. The number of anilines is 1. The molecule has 132 valence electrons. The molecule has 1 aromatic rings. The number of benzene rings is 1. The summed E-state index contributed by atoms with van der Waals surface area (Å²) in [5.41, 5.74) is 2.58. The number of nitrogens with one attached hydrogen (secondary N) is 2. The summed E-state index contributed by atoms with van der Waals surface area (Å²) in [6, 6.07) is 2.09. The van der Waals surface area contributed by atoms with Crippen molar-refractivity contribution in [2.45, 2.75) is 44.7 Å². The normalized spacial score (nSPS) is 15.3. The van der Waals surface area contributed by atoms with E-state index in [9.17, 15) is 28.1 Å². The lowest BCUT2D eigenvalue weighted by atomic mass is 10.0. The van der Waals surface area contributed by atoms with Crippen LogP contribution in [0.2, 0.25) is 0 Å². The lowest BCUT2D eigenvalue weighted by Gasteiger charge is -2.12. The molecule has 0 bridgehead atoms. The molecule has 0 atom stereocenters. The first-order valence-corrected chi connectivity index (χ1v) is 7.68. The van der Waals surface area contributed by atoms with Crippen molar-refractivity contribution in [1.29, 1.82) is 0 Å². The fourth-order valence-corrected chi connectivity index (χ4v) is 2.80. The van der Waals surface area contributed by atoms with Crippen LogP contribution >= 0.6 is 0 Å². The minimum Gasteiger partial charge on any atom is -0.292 e. The number of carbonyl (C=O) groups excluding carboxylic acids is 1. The van der Waals surface area contributed by atoms with Crippen molar-refractivity contribution >= 4 is 17.3 Å². The van der Waals surface area contributed by atoms with Crippen molar-refractivity contribution in [3.05, 3.63) is 33.9 Å². The smallest absolute Gasteiger partial charge is 0.292 e. The Labute approximate surface area is 136 Å². The summed E-state index contributed by atoms with van der Waals surface area (Å²) < 4.78 is 37.8. The highest BCUT2D eigenvalue weighted by Gasteiger charge is 2.33. The Morgan fingerprint density at radius 2 is 1.96 bits per heavy atom. The van der Waals surface area contributed by atoms with Crippen LogP contribution in [0.3, 0.4) is 0 Å². The fourth-order valence-electron chi connectivity index (χ4n) is 2.80. The van der Waals surface area contributed by atoms with E-state index in [0.717, 1.165) is 31.4 Å². The summed E-state index contributed by atoms with van der Waals surface area (Å²) in [6.07, 6.45) is 0.878. The predicted octanol–water partition coefficient (Wildman–Crippen LogP) is 4.03. The monoisotopic (exact) mass is 345 g/mol. The van der Waals surface area contributed by atoms with E-state index in [1.54, 1.807) is 0 Å². The molecule has 2 rings (SSSR count). The maximum Gasteiger partial charge on any atom is 0.416 e. The van der Waals surface area contributed by atoms with Crippen LogP contribution in [-0.4, -0.2) is 10.8 Å². The Bertz CT molecular complexity index is 614. The number of halogens is 3. The van der Waals surface area contributed by atoms with E-state index < -0.39 is 22.4 Å². The van der Waals surface area contributed by atoms with E-state index in [2.05, 4.69) is 10.9 Å². The zero-order valence-electron chi connectivity index (χ0n) is 12.9. The maximum atomic E-state index is 12.6.